The number of hydrogen-bond acceptors (Lipinski definition) is 6. The first kappa shape index (κ1) is 13.6. The van der Waals surface area contributed by atoms with Crippen molar-refractivity contribution in [2.24, 2.45) is 0 Å². The molecule has 2 aromatic heterocycles. The zero-order valence-electron chi connectivity index (χ0n) is 11.7. The molecule has 1 saturated heterocycles. The van der Waals surface area contributed by atoms with Gasteiger partial charge in [-0.15, -0.1) is 5.10 Å². The maximum atomic E-state index is 10.8. The van der Waals surface area contributed by atoms with Crippen LogP contribution >= 0.6 is 0 Å². The quantitative estimate of drug-likeness (QED) is 0.840. The third-order valence-electron chi connectivity index (χ3n) is 3.39. The predicted octanol–water partition coefficient (Wildman–Crippen LogP) is 0.371. The van der Waals surface area contributed by atoms with Crippen LogP contribution < -0.4 is 10.2 Å². The predicted molar refractivity (Wildman–Crippen MR) is 76.9 cm³/mol. The molecule has 0 unspecified atom stereocenters. The van der Waals surface area contributed by atoms with Gasteiger partial charge in [0, 0.05) is 19.2 Å². The molecule has 0 aliphatic carbocycles. The fraction of sp³-hybridized carbons (Fsp3) is 0.462. The highest BCUT2D eigenvalue weighted by atomic mass is 16.5. The van der Waals surface area contributed by atoms with Crippen LogP contribution in [0.15, 0.2) is 12.3 Å². The van der Waals surface area contributed by atoms with Gasteiger partial charge in [-0.3, -0.25) is 4.79 Å². The molecule has 1 aliphatic rings. The molecule has 3 rings (SSSR count). The number of fused-ring (bicyclic) bond motifs is 1. The molecule has 0 saturated carbocycles. The normalized spacial score (nSPS) is 15.4. The van der Waals surface area contributed by atoms with E-state index in [-0.39, 0.29) is 6.54 Å². The van der Waals surface area contributed by atoms with Crippen molar-refractivity contribution in [3.8, 4) is 0 Å². The highest BCUT2D eigenvalue weighted by Gasteiger charge is 2.17. The fourth-order valence-corrected chi connectivity index (χ4v) is 2.31. The summed E-state index contributed by atoms with van der Waals surface area (Å²) in [4.78, 5) is 17.2. The molecule has 3 heterocycles. The van der Waals surface area contributed by atoms with Crippen LogP contribution in [0.2, 0.25) is 0 Å². The molecule has 1 fully saturated rings. The molecule has 0 bridgehead atoms. The van der Waals surface area contributed by atoms with Crippen LogP contribution in [-0.2, 0) is 9.53 Å². The van der Waals surface area contributed by atoms with Crippen LogP contribution in [0.25, 0.3) is 5.65 Å². The van der Waals surface area contributed by atoms with E-state index >= 15 is 0 Å². The molecular weight excluding hydrogens is 274 g/mol. The summed E-state index contributed by atoms with van der Waals surface area (Å²) < 4.78 is 7.08. The van der Waals surface area contributed by atoms with E-state index < -0.39 is 5.97 Å². The summed E-state index contributed by atoms with van der Waals surface area (Å²) in [5.41, 5.74) is 2.20. The molecule has 0 radical (unpaired) electrons. The first-order valence-corrected chi connectivity index (χ1v) is 6.79. The lowest BCUT2D eigenvalue weighted by Gasteiger charge is -2.28. The topological polar surface area (TPSA) is 92.0 Å². The Hall–Kier alpha value is -2.35. The minimum atomic E-state index is -0.916. The van der Waals surface area contributed by atoms with Crippen LogP contribution in [-0.4, -0.2) is 58.5 Å². The van der Waals surface area contributed by atoms with E-state index in [2.05, 4.69) is 20.3 Å². The van der Waals surface area contributed by atoms with Crippen molar-refractivity contribution < 1.29 is 14.6 Å². The lowest BCUT2D eigenvalue weighted by Crippen LogP contribution is -2.37. The van der Waals surface area contributed by atoms with Crippen molar-refractivity contribution in [3.05, 3.63) is 18.0 Å². The Labute approximate surface area is 121 Å². The van der Waals surface area contributed by atoms with Crippen molar-refractivity contribution in [1.29, 1.82) is 0 Å². The number of hydrogen-bond donors (Lipinski definition) is 2. The number of aromatic nitrogens is 3. The molecule has 8 heteroatoms. The Morgan fingerprint density at radius 2 is 2.24 bits per heavy atom. The third-order valence-corrected chi connectivity index (χ3v) is 3.39. The monoisotopic (exact) mass is 291 g/mol. The van der Waals surface area contributed by atoms with Crippen molar-refractivity contribution in [2.75, 3.05) is 43.1 Å². The van der Waals surface area contributed by atoms with Crippen molar-refractivity contribution in [3.63, 3.8) is 0 Å². The Morgan fingerprint density at radius 1 is 1.48 bits per heavy atom. The van der Waals surface area contributed by atoms with E-state index in [9.17, 15) is 4.79 Å². The molecule has 2 N–H and O–H groups in total. The van der Waals surface area contributed by atoms with Gasteiger partial charge in [-0.05, 0) is 6.92 Å². The van der Waals surface area contributed by atoms with Crippen LogP contribution in [0.1, 0.15) is 5.69 Å². The number of rotatable bonds is 4. The molecule has 2 aromatic rings. The lowest BCUT2D eigenvalue weighted by molar-refractivity contribution is -0.134. The van der Waals surface area contributed by atoms with Gasteiger partial charge in [0.15, 0.2) is 11.5 Å². The molecule has 1 aliphatic heterocycles. The van der Waals surface area contributed by atoms with Crippen LogP contribution in [0.5, 0.6) is 0 Å². The number of anilines is 2. The number of aryl methyl sites for hydroxylation is 1. The number of nitrogens with one attached hydrogen (secondary N) is 1. The van der Waals surface area contributed by atoms with Gasteiger partial charge in [0.1, 0.15) is 6.54 Å². The smallest absolute Gasteiger partial charge is 0.322 e. The molecular formula is C13H17N5O3. The van der Waals surface area contributed by atoms with E-state index in [1.807, 2.05) is 13.0 Å². The van der Waals surface area contributed by atoms with Crippen molar-refractivity contribution in [1.82, 2.24) is 14.6 Å². The standard InChI is InChI=1S/C13H17N5O3/c1-9-7-15-13-10(14-8-12(19)20)6-11(16-18(9)13)17-2-4-21-5-3-17/h6-7,14H,2-5,8H2,1H3,(H,19,20). The Kier molecular flexibility index (Phi) is 3.61. The molecule has 0 amide bonds. The number of morpholine rings is 1. The number of carboxylic acids is 1. The van der Waals surface area contributed by atoms with Crippen molar-refractivity contribution in [2.45, 2.75) is 6.92 Å². The Morgan fingerprint density at radius 3 is 2.95 bits per heavy atom. The maximum Gasteiger partial charge on any atom is 0.322 e. The van der Waals surface area contributed by atoms with Gasteiger partial charge in [-0.1, -0.05) is 0 Å². The molecule has 0 spiro atoms. The van der Waals surface area contributed by atoms with Crippen LogP contribution in [0.3, 0.4) is 0 Å². The number of carbonyl (C=O) groups is 1. The minimum absolute atomic E-state index is 0.159. The number of aliphatic carboxylic acids is 1. The zero-order chi connectivity index (χ0) is 14.8. The van der Waals surface area contributed by atoms with E-state index in [4.69, 9.17) is 9.84 Å². The third kappa shape index (κ3) is 2.75. The number of nitrogens with zero attached hydrogens (tertiary/aromatic N) is 4. The second kappa shape index (κ2) is 5.57. The van der Waals surface area contributed by atoms with Gasteiger partial charge in [0.05, 0.1) is 30.8 Å². The summed E-state index contributed by atoms with van der Waals surface area (Å²) in [5.74, 6) is -0.124. The van der Waals surface area contributed by atoms with E-state index in [0.717, 1.165) is 24.6 Å². The summed E-state index contributed by atoms with van der Waals surface area (Å²) >= 11 is 0. The summed E-state index contributed by atoms with van der Waals surface area (Å²) in [6.45, 7) is 4.63. The summed E-state index contributed by atoms with van der Waals surface area (Å²) in [7, 11) is 0. The highest BCUT2D eigenvalue weighted by Crippen LogP contribution is 2.23. The highest BCUT2D eigenvalue weighted by molar-refractivity contribution is 5.78. The van der Waals surface area contributed by atoms with Crippen LogP contribution in [0.4, 0.5) is 11.5 Å². The number of imidazole rings is 1. The second-order valence-electron chi connectivity index (χ2n) is 4.90. The average Bonchev–Trinajstić information content (AvgIpc) is 2.87. The summed E-state index contributed by atoms with van der Waals surface area (Å²) in [6, 6.07) is 1.84. The van der Waals surface area contributed by atoms with Gasteiger partial charge in [-0.2, -0.15) is 0 Å². The van der Waals surface area contributed by atoms with E-state index in [1.165, 1.54) is 0 Å². The van der Waals surface area contributed by atoms with Gasteiger partial charge in [0.25, 0.3) is 0 Å². The largest absolute Gasteiger partial charge is 0.480 e. The van der Waals surface area contributed by atoms with Crippen LogP contribution in [0, 0.1) is 6.92 Å². The van der Waals surface area contributed by atoms with E-state index in [1.54, 1.807) is 10.7 Å². The van der Waals surface area contributed by atoms with Gasteiger partial charge < -0.3 is 20.1 Å². The summed E-state index contributed by atoms with van der Waals surface area (Å²) in [6.07, 6.45) is 1.72. The average molecular weight is 291 g/mol. The van der Waals surface area contributed by atoms with E-state index in [0.29, 0.717) is 24.5 Å². The van der Waals surface area contributed by atoms with Crippen molar-refractivity contribution >= 4 is 23.1 Å². The molecule has 0 atom stereocenters. The SMILES string of the molecule is Cc1cnc2c(NCC(=O)O)cc(N3CCOCC3)nn12. The summed E-state index contributed by atoms with van der Waals surface area (Å²) in [5, 5.41) is 16.3. The van der Waals surface area contributed by atoms with Gasteiger partial charge in [-0.25, -0.2) is 9.50 Å². The number of ether oxygens (including phenoxy) is 1. The first-order valence-electron chi connectivity index (χ1n) is 6.79. The molecule has 112 valence electrons. The minimum Gasteiger partial charge on any atom is -0.480 e. The fourth-order valence-electron chi connectivity index (χ4n) is 2.31. The maximum absolute atomic E-state index is 10.8. The lowest BCUT2D eigenvalue weighted by atomic mass is 10.3. The number of carboxylic acid groups (broad SMARTS) is 1. The molecule has 0 aromatic carbocycles. The second-order valence-corrected chi connectivity index (χ2v) is 4.90. The van der Waals surface area contributed by atoms with Gasteiger partial charge >= 0.3 is 5.97 Å². The first-order chi connectivity index (χ1) is 10.1. The Balaban J connectivity index is 2.00. The zero-order valence-corrected chi connectivity index (χ0v) is 11.7. The van der Waals surface area contributed by atoms with Gasteiger partial charge in [0.2, 0.25) is 0 Å². The molecule has 8 nitrogen and oxygen atoms in total. The molecule has 21 heavy (non-hydrogen) atoms. The Bertz CT molecular complexity index is 663.